The SMILES string of the molecule is CCCNC(=O)C1CCCN(C(=O)CCC2CCNC2)C1. The minimum absolute atomic E-state index is 0.0117. The third-order valence-corrected chi connectivity index (χ3v) is 4.62. The Hall–Kier alpha value is -1.10. The van der Waals surface area contributed by atoms with Crippen LogP contribution >= 0.6 is 0 Å². The van der Waals surface area contributed by atoms with Crippen LogP contribution < -0.4 is 10.6 Å². The van der Waals surface area contributed by atoms with Gasteiger partial charge < -0.3 is 15.5 Å². The number of rotatable bonds is 6. The Morgan fingerprint density at radius 3 is 2.90 bits per heavy atom. The maximum Gasteiger partial charge on any atom is 0.224 e. The van der Waals surface area contributed by atoms with E-state index in [1.807, 2.05) is 4.90 Å². The van der Waals surface area contributed by atoms with E-state index in [1.54, 1.807) is 0 Å². The second kappa shape index (κ2) is 8.37. The molecule has 0 bridgehead atoms. The first-order valence-electron chi connectivity index (χ1n) is 8.47. The third kappa shape index (κ3) is 4.99. The van der Waals surface area contributed by atoms with Gasteiger partial charge in [-0.2, -0.15) is 0 Å². The fourth-order valence-corrected chi connectivity index (χ4v) is 3.26. The summed E-state index contributed by atoms with van der Waals surface area (Å²) >= 11 is 0. The van der Waals surface area contributed by atoms with E-state index in [9.17, 15) is 9.59 Å². The fraction of sp³-hybridized carbons (Fsp3) is 0.875. The van der Waals surface area contributed by atoms with E-state index >= 15 is 0 Å². The van der Waals surface area contributed by atoms with E-state index < -0.39 is 0 Å². The zero-order valence-corrected chi connectivity index (χ0v) is 13.2. The lowest BCUT2D eigenvalue weighted by atomic mass is 9.96. The van der Waals surface area contributed by atoms with Crippen LogP contribution in [0.5, 0.6) is 0 Å². The lowest BCUT2D eigenvalue weighted by Gasteiger charge is -2.32. The van der Waals surface area contributed by atoms with Crippen LogP contribution in [0, 0.1) is 11.8 Å². The zero-order chi connectivity index (χ0) is 15.1. The Labute approximate surface area is 127 Å². The van der Waals surface area contributed by atoms with E-state index in [0.29, 0.717) is 18.9 Å². The summed E-state index contributed by atoms with van der Waals surface area (Å²) < 4.78 is 0. The van der Waals surface area contributed by atoms with Crippen molar-refractivity contribution in [2.45, 2.75) is 45.4 Å². The zero-order valence-electron chi connectivity index (χ0n) is 13.2. The van der Waals surface area contributed by atoms with Crippen LogP contribution in [-0.2, 0) is 9.59 Å². The molecule has 0 aromatic carbocycles. The summed E-state index contributed by atoms with van der Waals surface area (Å²) in [6, 6.07) is 0. The molecule has 2 N–H and O–H groups in total. The normalized spacial score (nSPS) is 25.9. The van der Waals surface area contributed by atoms with Crippen molar-refractivity contribution in [2.24, 2.45) is 11.8 Å². The van der Waals surface area contributed by atoms with Gasteiger partial charge in [0.25, 0.3) is 0 Å². The first-order chi connectivity index (χ1) is 10.2. The van der Waals surface area contributed by atoms with Gasteiger partial charge in [-0.05, 0) is 51.1 Å². The maximum absolute atomic E-state index is 12.3. The number of nitrogens with zero attached hydrogens (tertiary/aromatic N) is 1. The number of hydrogen-bond donors (Lipinski definition) is 2. The van der Waals surface area contributed by atoms with Gasteiger partial charge in [0, 0.05) is 26.1 Å². The monoisotopic (exact) mass is 295 g/mol. The van der Waals surface area contributed by atoms with Gasteiger partial charge in [-0.1, -0.05) is 6.92 Å². The molecule has 2 saturated heterocycles. The minimum Gasteiger partial charge on any atom is -0.356 e. The number of likely N-dealkylation sites (tertiary alicyclic amines) is 1. The highest BCUT2D eigenvalue weighted by atomic mass is 16.2. The Balaban J connectivity index is 1.74. The van der Waals surface area contributed by atoms with Gasteiger partial charge in [0.2, 0.25) is 11.8 Å². The molecule has 21 heavy (non-hydrogen) atoms. The largest absolute Gasteiger partial charge is 0.356 e. The van der Waals surface area contributed by atoms with Gasteiger partial charge >= 0.3 is 0 Å². The molecular formula is C16H29N3O2. The molecule has 0 aromatic heterocycles. The summed E-state index contributed by atoms with van der Waals surface area (Å²) in [5.41, 5.74) is 0. The third-order valence-electron chi connectivity index (χ3n) is 4.62. The van der Waals surface area contributed by atoms with Crippen molar-refractivity contribution < 1.29 is 9.59 Å². The van der Waals surface area contributed by atoms with Crippen molar-refractivity contribution in [3.05, 3.63) is 0 Å². The predicted octanol–water partition coefficient (Wildman–Crippen LogP) is 1.14. The van der Waals surface area contributed by atoms with Crippen LogP contribution in [0.3, 0.4) is 0 Å². The van der Waals surface area contributed by atoms with Crippen molar-refractivity contribution in [1.82, 2.24) is 15.5 Å². The van der Waals surface area contributed by atoms with Gasteiger partial charge in [0.05, 0.1) is 5.92 Å². The molecule has 2 aliphatic rings. The minimum atomic E-state index is -0.0117. The molecule has 5 heteroatoms. The van der Waals surface area contributed by atoms with Crippen molar-refractivity contribution in [3.63, 3.8) is 0 Å². The van der Waals surface area contributed by atoms with E-state index in [4.69, 9.17) is 0 Å². The van der Waals surface area contributed by atoms with Gasteiger partial charge in [0.1, 0.15) is 0 Å². The summed E-state index contributed by atoms with van der Waals surface area (Å²) in [6.45, 7) is 6.35. The average Bonchev–Trinajstić information content (AvgIpc) is 3.03. The number of nitrogens with one attached hydrogen (secondary N) is 2. The molecule has 0 spiro atoms. The smallest absolute Gasteiger partial charge is 0.224 e. The summed E-state index contributed by atoms with van der Waals surface area (Å²) in [4.78, 5) is 26.3. The Morgan fingerprint density at radius 2 is 2.19 bits per heavy atom. The highest BCUT2D eigenvalue weighted by Crippen LogP contribution is 2.20. The molecule has 5 nitrogen and oxygen atoms in total. The number of hydrogen-bond acceptors (Lipinski definition) is 3. The number of carbonyl (C=O) groups is 2. The first kappa shape index (κ1) is 16.3. The first-order valence-corrected chi connectivity index (χ1v) is 8.47. The highest BCUT2D eigenvalue weighted by molar-refractivity contribution is 5.81. The summed E-state index contributed by atoms with van der Waals surface area (Å²) in [7, 11) is 0. The van der Waals surface area contributed by atoms with Crippen LogP contribution in [0.4, 0.5) is 0 Å². The second-order valence-corrected chi connectivity index (χ2v) is 6.37. The molecule has 0 aliphatic carbocycles. The molecule has 2 aliphatic heterocycles. The number of amides is 2. The van der Waals surface area contributed by atoms with Crippen molar-refractivity contribution in [3.8, 4) is 0 Å². The summed E-state index contributed by atoms with van der Waals surface area (Å²) in [5, 5.41) is 6.29. The Bertz CT molecular complexity index is 353. The lowest BCUT2D eigenvalue weighted by molar-refractivity contribution is -0.135. The summed E-state index contributed by atoms with van der Waals surface area (Å²) in [5.74, 6) is 0.994. The second-order valence-electron chi connectivity index (χ2n) is 6.37. The molecular weight excluding hydrogens is 266 g/mol. The Morgan fingerprint density at radius 1 is 1.33 bits per heavy atom. The molecule has 0 aromatic rings. The van der Waals surface area contributed by atoms with E-state index in [2.05, 4.69) is 17.6 Å². The summed E-state index contributed by atoms with van der Waals surface area (Å²) in [6.07, 6.45) is 5.61. The van der Waals surface area contributed by atoms with Gasteiger partial charge in [-0.15, -0.1) is 0 Å². The molecule has 2 rings (SSSR count). The van der Waals surface area contributed by atoms with E-state index in [-0.39, 0.29) is 17.7 Å². The predicted molar refractivity (Wildman–Crippen MR) is 82.8 cm³/mol. The molecule has 120 valence electrons. The topological polar surface area (TPSA) is 61.4 Å². The van der Waals surface area contributed by atoms with Crippen molar-refractivity contribution in [1.29, 1.82) is 0 Å². The lowest BCUT2D eigenvalue weighted by Crippen LogP contribution is -2.45. The molecule has 2 fully saturated rings. The van der Waals surface area contributed by atoms with Crippen LogP contribution in [0.25, 0.3) is 0 Å². The Kier molecular flexibility index (Phi) is 6.49. The number of piperidine rings is 1. The molecule has 0 saturated carbocycles. The van der Waals surface area contributed by atoms with Gasteiger partial charge in [-0.25, -0.2) is 0 Å². The van der Waals surface area contributed by atoms with Gasteiger partial charge in [-0.3, -0.25) is 9.59 Å². The van der Waals surface area contributed by atoms with Crippen LogP contribution in [0.1, 0.15) is 45.4 Å². The average molecular weight is 295 g/mol. The molecule has 2 atom stereocenters. The van der Waals surface area contributed by atoms with Crippen LogP contribution in [0.15, 0.2) is 0 Å². The quantitative estimate of drug-likeness (QED) is 0.772. The number of carbonyl (C=O) groups excluding carboxylic acids is 2. The van der Waals surface area contributed by atoms with Crippen molar-refractivity contribution >= 4 is 11.8 Å². The van der Waals surface area contributed by atoms with E-state index in [1.165, 1.54) is 6.42 Å². The van der Waals surface area contributed by atoms with E-state index in [0.717, 1.165) is 51.9 Å². The van der Waals surface area contributed by atoms with Gasteiger partial charge in [0.15, 0.2) is 0 Å². The van der Waals surface area contributed by atoms with Crippen LogP contribution in [-0.4, -0.2) is 49.4 Å². The standard InChI is InChI=1S/C16H29N3O2/c1-2-8-18-16(21)14-4-3-10-19(12-14)15(20)6-5-13-7-9-17-11-13/h13-14,17H,2-12H2,1H3,(H,18,21). The molecule has 2 amide bonds. The molecule has 2 unspecified atom stereocenters. The highest BCUT2D eigenvalue weighted by Gasteiger charge is 2.28. The fourth-order valence-electron chi connectivity index (χ4n) is 3.26. The molecule has 2 heterocycles. The van der Waals surface area contributed by atoms with Crippen molar-refractivity contribution in [2.75, 3.05) is 32.7 Å². The van der Waals surface area contributed by atoms with Crippen LogP contribution in [0.2, 0.25) is 0 Å². The molecule has 0 radical (unpaired) electrons. The maximum atomic E-state index is 12.3.